The van der Waals surface area contributed by atoms with Crippen LogP contribution < -0.4 is 15.4 Å². The van der Waals surface area contributed by atoms with Gasteiger partial charge < -0.3 is 25.2 Å². The van der Waals surface area contributed by atoms with E-state index in [4.69, 9.17) is 16.3 Å². The van der Waals surface area contributed by atoms with Gasteiger partial charge in [-0.25, -0.2) is 9.29 Å². The summed E-state index contributed by atoms with van der Waals surface area (Å²) in [5.74, 6) is 0.900. The molecule has 1 saturated heterocycles. The number of nitrogens with zero attached hydrogens (tertiary/aromatic N) is 5. The van der Waals surface area contributed by atoms with E-state index in [1.54, 1.807) is 56.6 Å². The molecule has 1 fully saturated rings. The molecule has 3 aromatic rings. The van der Waals surface area contributed by atoms with Crippen LogP contribution >= 0.6 is 11.6 Å². The molecule has 222 valence electrons. The summed E-state index contributed by atoms with van der Waals surface area (Å²) in [4.78, 5) is 26.4. The van der Waals surface area contributed by atoms with Crippen molar-refractivity contribution in [2.24, 2.45) is 0 Å². The Morgan fingerprint density at radius 2 is 1.78 bits per heavy atom. The smallest absolute Gasteiger partial charge is 0.254 e. The molecule has 1 aliphatic heterocycles. The Morgan fingerprint density at radius 1 is 1.10 bits per heavy atom. The van der Waals surface area contributed by atoms with Gasteiger partial charge in [0.25, 0.3) is 5.91 Å². The Balaban J connectivity index is 1.66. The fourth-order valence-electron chi connectivity index (χ4n) is 4.25. The SMILES string of the molecule is CC(C)Oc1ccc(C(=O)N2CCN(C)CC2)cc1Nc1ncc(Cl)c(Nc2ccccc2S(C)(=O)(O)N(C)C)n1. The van der Waals surface area contributed by atoms with Crippen LogP contribution in [0.1, 0.15) is 24.2 Å². The molecule has 0 atom stereocenters. The lowest BCUT2D eigenvalue weighted by atomic mass is 10.1. The molecule has 0 radical (unpaired) electrons. The van der Waals surface area contributed by atoms with E-state index >= 15 is 0 Å². The number of nitrogens with one attached hydrogen (secondary N) is 2. The molecule has 1 aromatic heterocycles. The first-order valence-electron chi connectivity index (χ1n) is 13.2. The number of benzene rings is 2. The number of anilines is 4. The van der Waals surface area contributed by atoms with Crippen LogP contribution in [0.5, 0.6) is 5.75 Å². The normalized spacial score (nSPS) is 15.5. The van der Waals surface area contributed by atoms with E-state index in [2.05, 4.69) is 25.5 Å². The van der Waals surface area contributed by atoms with Crippen LogP contribution in [-0.4, -0.2) is 98.4 Å². The summed E-state index contributed by atoms with van der Waals surface area (Å²) in [6.07, 6.45) is 2.61. The first-order valence-corrected chi connectivity index (χ1v) is 15.9. The quantitative estimate of drug-likeness (QED) is 0.323. The van der Waals surface area contributed by atoms with Gasteiger partial charge in [0.1, 0.15) is 10.8 Å². The molecule has 0 spiro atoms. The van der Waals surface area contributed by atoms with Gasteiger partial charge in [-0.2, -0.15) is 9.19 Å². The van der Waals surface area contributed by atoms with Crippen molar-refractivity contribution in [3.8, 4) is 5.75 Å². The van der Waals surface area contributed by atoms with E-state index in [9.17, 15) is 13.6 Å². The number of hydrogen-bond donors (Lipinski definition) is 3. The molecule has 2 aromatic carbocycles. The van der Waals surface area contributed by atoms with Gasteiger partial charge in [0.05, 0.1) is 28.6 Å². The summed E-state index contributed by atoms with van der Waals surface area (Å²) in [5, 5.41) is 6.48. The Hall–Kier alpha value is -3.29. The number of carbonyl (C=O) groups excluding carboxylic acids is 1. The molecule has 41 heavy (non-hydrogen) atoms. The third-order valence-corrected chi connectivity index (χ3v) is 10.2. The first-order chi connectivity index (χ1) is 19.2. The summed E-state index contributed by atoms with van der Waals surface area (Å²) in [5.41, 5.74) is 1.41. The lowest BCUT2D eigenvalue weighted by Crippen LogP contribution is -2.47. The molecule has 0 aliphatic carbocycles. The van der Waals surface area contributed by atoms with Crippen LogP contribution in [0.2, 0.25) is 5.02 Å². The highest BCUT2D eigenvalue weighted by Gasteiger charge is 2.30. The zero-order chi connectivity index (χ0) is 30.0. The Bertz CT molecular complexity index is 1490. The van der Waals surface area contributed by atoms with Crippen molar-refractivity contribution in [1.29, 1.82) is 0 Å². The van der Waals surface area contributed by atoms with Gasteiger partial charge in [-0.05, 0) is 51.2 Å². The molecule has 13 heteroatoms. The molecule has 1 amide bonds. The van der Waals surface area contributed by atoms with Crippen LogP contribution in [0.15, 0.2) is 53.6 Å². The van der Waals surface area contributed by atoms with E-state index < -0.39 is 9.53 Å². The number of piperazine rings is 1. The standard InChI is InChI=1S/C28H38ClN7O4S/c1-19(2)40-24-12-11-20(27(37)36-15-13-35(5)14-16-36)17-23(24)32-28-30-18-21(29)26(33-28)31-22-9-7-8-10-25(22)41(6,38,39)34(3)4/h7-12,17-19H,13-16H2,1-6H3,(H,38,39)(H2,30,31,32,33). The van der Waals surface area contributed by atoms with E-state index in [0.29, 0.717) is 35.8 Å². The van der Waals surface area contributed by atoms with Crippen molar-refractivity contribution in [1.82, 2.24) is 24.1 Å². The number of halogens is 1. The lowest BCUT2D eigenvalue weighted by Gasteiger charge is -2.45. The van der Waals surface area contributed by atoms with Gasteiger partial charge >= 0.3 is 0 Å². The third-order valence-electron chi connectivity index (χ3n) is 6.88. The molecule has 1 aliphatic rings. The van der Waals surface area contributed by atoms with Crippen LogP contribution in [0.25, 0.3) is 0 Å². The minimum Gasteiger partial charge on any atom is -0.489 e. The number of ether oxygens (including phenoxy) is 1. The Morgan fingerprint density at radius 3 is 2.44 bits per heavy atom. The molecular formula is C28H38ClN7O4S. The number of para-hydroxylation sites is 1. The summed E-state index contributed by atoms with van der Waals surface area (Å²) in [6, 6.07) is 12.0. The Kier molecular flexibility index (Phi) is 8.90. The lowest BCUT2D eigenvalue weighted by molar-refractivity contribution is 0.0664. The summed E-state index contributed by atoms with van der Waals surface area (Å²) >= 11 is 6.44. The van der Waals surface area contributed by atoms with Gasteiger partial charge in [-0.15, -0.1) is 9.53 Å². The second kappa shape index (κ2) is 11.9. The zero-order valence-corrected chi connectivity index (χ0v) is 25.8. The largest absolute Gasteiger partial charge is 0.489 e. The second-order valence-electron chi connectivity index (χ2n) is 10.7. The number of carbonyl (C=O) groups is 1. The predicted octanol–water partition coefficient (Wildman–Crippen LogP) is 4.55. The van der Waals surface area contributed by atoms with Gasteiger partial charge in [-0.3, -0.25) is 9.35 Å². The molecule has 3 N–H and O–H groups in total. The number of likely N-dealkylation sites (N-methyl/N-ethyl adjacent to an activating group) is 1. The second-order valence-corrected chi connectivity index (χ2v) is 14.7. The van der Waals surface area contributed by atoms with Gasteiger partial charge in [0.15, 0.2) is 5.82 Å². The van der Waals surface area contributed by atoms with Crippen LogP contribution in [0.3, 0.4) is 0 Å². The zero-order valence-electron chi connectivity index (χ0n) is 24.2. The number of aromatic nitrogens is 2. The van der Waals surface area contributed by atoms with Crippen molar-refractivity contribution in [3.05, 3.63) is 59.2 Å². The summed E-state index contributed by atoms with van der Waals surface area (Å²) in [6.45, 7) is 6.79. The Labute approximate surface area is 246 Å². The maximum absolute atomic E-state index is 13.6. The molecular weight excluding hydrogens is 566 g/mol. The maximum atomic E-state index is 13.6. The monoisotopic (exact) mass is 603 g/mol. The van der Waals surface area contributed by atoms with Crippen molar-refractivity contribution >= 4 is 50.2 Å². The maximum Gasteiger partial charge on any atom is 0.254 e. The van der Waals surface area contributed by atoms with Crippen molar-refractivity contribution in [2.45, 2.75) is 24.8 Å². The van der Waals surface area contributed by atoms with Crippen LogP contribution in [0, 0.1) is 0 Å². The molecule has 4 rings (SSSR count). The average molecular weight is 604 g/mol. The predicted molar refractivity (Wildman–Crippen MR) is 164 cm³/mol. The number of hydrogen-bond acceptors (Lipinski definition) is 8. The minimum atomic E-state index is -4.34. The van der Waals surface area contributed by atoms with Gasteiger partial charge in [0, 0.05) is 52.1 Å². The summed E-state index contributed by atoms with van der Waals surface area (Å²) < 4.78 is 31.9. The highest BCUT2D eigenvalue weighted by molar-refractivity contribution is 8.12. The summed E-state index contributed by atoms with van der Waals surface area (Å²) in [7, 11) is 0.792. The number of amides is 1. The highest BCUT2D eigenvalue weighted by atomic mass is 35.5. The average Bonchev–Trinajstić information content (AvgIpc) is 2.91. The molecule has 0 unspecified atom stereocenters. The fourth-order valence-corrected chi connectivity index (χ4v) is 5.80. The number of rotatable bonds is 9. The first kappa shape index (κ1) is 30.7. The molecule has 2 heterocycles. The van der Waals surface area contributed by atoms with E-state index in [1.165, 1.54) is 16.8 Å². The minimum absolute atomic E-state index is 0.0593. The van der Waals surface area contributed by atoms with Crippen LogP contribution in [0.4, 0.5) is 23.1 Å². The topological polar surface area (TPSA) is 123 Å². The molecule has 0 bridgehead atoms. The van der Waals surface area contributed by atoms with E-state index in [-0.39, 0.29) is 33.7 Å². The van der Waals surface area contributed by atoms with Gasteiger partial charge in [0.2, 0.25) is 5.95 Å². The van der Waals surface area contributed by atoms with Crippen molar-refractivity contribution in [3.63, 3.8) is 0 Å². The van der Waals surface area contributed by atoms with Gasteiger partial charge in [-0.1, -0.05) is 23.7 Å². The third kappa shape index (κ3) is 6.96. The van der Waals surface area contributed by atoms with E-state index in [1.807, 2.05) is 25.8 Å². The van der Waals surface area contributed by atoms with Crippen molar-refractivity contribution in [2.75, 3.05) is 64.2 Å². The molecule has 0 saturated carbocycles. The highest BCUT2D eigenvalue weighted by Crippen LogP contribution is 2.39. The fraction of sp³-hybridized carbons (Fsp3) is 0.393. The van der Waals surface area contributed by atoms with Crippen LogP contribution in [-0.2, 0) is 9.53 Å². The van der Waals surface area contributed by atoms with E-state index in [0.717, 1.165) is 13.1 Å². The van der Waals surface area contributed by atoms with Crippen molar-refractivity contribution < 1.29 is 18.3 Å². The molecule has 11 nitrogen and oxygen atoms in total.